The number of ether oxygens (including phenoxy) is 1. The molecule has 2 amide bonds. The largest absolute Gasteiger partial charge is 0.368 e. The van der Waals surface area contributed by atoms with E-state index in [0.29, 0.717) is 24.4 Å². The molecule has 0 radical (unpaired) electrons. The van der Waals surface area contributed by atoms with Gasteiger partial charge in [0, 0.05) is 18.0 Å². The van der Waals surface area contributed by atoms with Crippen molar-refractivity contribution in [2.24, 2.45) is 0 Å². The lowest BCUT2D eigenvalue weighted by atomic mass is 10.0. The summed E-state index contributed by atoms with van der Waals surface area (Å²) >= 11 is 6.12. The number of carbonyl (C=O) groups is 2. The van der Waals surface area contributed by atoms with E-state index in [1.54, 1.807) is 31.2 Å². The molecule has 31 heavy (non-hydrogen) atoms. The number of halogens is 2. The molecule has 2 aromatic carbocycles. The minimum absolute atomic E-state index is 0.00152. The third-order valence-corrected chi connectivity index (χ3v) is 5.24. The Balaban J connectivity index is 1.50. The van der Waals surface area contributed by atoms with Crippen LogP contribution in [-0.4, -0.2) is 29.7 Å². The number of aromatic nitrogens is 1. The Morgan fingerprint density at radius 2 is 1.84 bits per heavy atom. The molecule has 1 aromatic heterocycles. The van der Waals surface area contributed by atoms with Crippen molar-refractivity contribution < 1.29 is 23.2 Å². The van der Waals surface area contributed by atoms with Gasteiger partial charge in [-0.2, -0.15) is 0 Å². The van der Waals surface area contributed by atoms with Crippen LogP contribution in [0.4, 0.5) is 15.8 Å². The summed E-state index contributed by atoms with van der Waals surface area (Å²) in [6.45, 7) is 2.15. The summed E-state index contributed by atoms with van der Waals surface area (Å²) in [5.74, 6) is -1.10. The SMILES string of the molecule is Cc1onc(-c2c(F)cccc2Cl)c1C(=O)Nc1ccc(NC(=O)[C@@H]2CCCO2)cc1. The van der Waals surface area contributed by atoms with Gasteiger partial charge in [-0.1, -0.05) is 22.8 Å². The number of carbonyl (C=O) groups excluding carboxylic acids is 2. The lowest BCUT2D eigenvalue weighted by Gasteiger charge is -2.11. The molecular formula is C22H19ClFN3O4. The van der Waals surface area contributed by atoms with Crippen molar-refractivity contribution in [3.63, 3.8) is 0 Å². The fourth-order valence-corrected chi connectivity index (χ4v) is 3.62. The van der Waals surface area contributed by atoms with Gasteiger partial charge >= 0.3 is 0 Å². The van der Waals surface area contributed by atoms with Crippen LogP contribution in [-0.2, 0) is 9.53 Å². The molecule has 9 heteroatoms. The Morgan fingerprint density at radius 3 is 2.48 bits per heavy atom. The monoisotopic (exact) mass is 443 g/mol. The van der Waals surface area contributed by atoms with Crippen LogP contribution in [0.5, 0.6) is 0 Å². The van der Waals surface area contributed by atoms with Crippen molar-refractivity contribution in [2.75, 3.05) is 17.2 Å². The number of aryl methyl sites for hydroxylation is 1. The van der Waals surface area contributed by atoms with Crippen LogP contribution in [0.25, 0.3) is 11.3 Å². The molecule has 0 saturated carbocycles. The van der Waals surface area contributed by atoms with Gasteiger partial charge in [0.25, 0.3) is 11.8 Å². The Hall–Kier alpha value is -3.23. The van der Waals surface area contributed by atoms with Gasteiger partial charge < -0.3 is 19.9 Å². The maximum atomic E-state index is 14.3. The predicted octanol–water partition coefficient (Wildman–Crippen LogP) is 4.81. The minimum atomic E-state index is -0.610. The van der Waals surface area contributed by atoms with Gasteiger partial charge in [-0.3, -0.25) is 9.59 Å². The molecular weight excluding hydrogens is 425 g/mol. The number of benzene rings is 2. The second kappa shape index (κ2) is 8.87. The Kier molecular flexibility index (Phi) is 6.01. The fourth-order valence-electron chi connectivity index (χ4n) is 3.37. The highest BCUT2D eigenvalue weighted by atomic mass is 35.5. The van der Waals surface area contributed by atoms with Crippen molar-refractivity contribution in [3.8, 4) is 11.3 Å². The smallest absolute Gasteiger partial charge is 0.261 e. The molecule has 1 aliphatic rings. The molecule has 0 spiro atoms. The second-order valence-corrected chi connectivity index (χ2v) is 7.49. The number of nitrogens with one attached hydrogen (secondary N) is 2. The number of hydrogen-bond donors (Lipinski definition) is 2. The highest BCUT2D eigenvalue weighted by molar-refractivity contribution is 6.33. The normalized spacial score (nSPS) is 15.6. The van der Waals surface area contributed by atoms with Crippen LogP contribution in [0.1, 0.15) is 29.0 Å². The highest BCUT2D eigenvalue weighted by Crippen LogP contribution is 2.33. The van der Waals surface area contributed by atoms with Gasteiger partial charge in [0.1, 0.15) is 28.9 Å². The van der Waals surface area contributed by atoms with Gasteiger partial charge in [0.2, 0.25) is 0 Å². The van der Waals surface area contributed by atoms with Crippen LogP contribution in [0, 0.1) is 12.7 Å². The predicted molar refractivity (Wildman–Crippen MR) is 114 cm³/mol. The molecule has 0 unspecified atom stereocenters. The molecule has 1 fully saturated rings. The third-order valence-electron chi connectivity index (χ3n) is 4.92. The summed E-state index contributed by atoms with van der Waals surface area (Å²) in [4.78, 5) is 25.0. The Morgan fingerprint density at radius 1 is 1.13 bits per heavy atom. The van der Waals surface area contributed by atoms with Crippen molar-refractivity contribution in [2.45, 2.75) is 25.9 Å². The topological polar surface area (TPSA) is 93.5 Å². The van der Waals surface area contributed by atoms with Crippen LogP contribution in [0.3, 0.4) is 0 Å². The van der Waals surface area contributed by atoms with E-state index in [-0.39, 0.29) is 33.5 Å². The summed E-state index contributed by atoms with van der Waals surface area (Å²) in [5, 5.41) is 9.47. The molecule has 160 valence electrons. The molecule has 0 bridgehead atoms. The average molecular weight is 444 g/mol. The maximum Gasteiger partial charge on any atom is 0.261 e. The zero-order valence-corrected chi connectivity index (χ0v) is 17.3. The Labute approximate surface area is 182 Å². The molecule has 7 nitrogen and oxygen atoms in total. The van der Waals surface area contributed by atoms with Crippen molar-refractivity contribution in [1.82, 2.24) is 5.16 Å². The third kappa shape index (κ3) is 4.45. The summed E-state index contributed by atoms with van der Waals surface area (Å²) < 4.78 is 24.8. The lowest BCUT2D eigenvalue weighted by Crippen LogP contribution is -2.26. The maximum absolute atomic E-state index is 14.3. The molecule has 1 atom stereocenters. The standard InChI is InChI=1S/C22H19ClFN3O4/c1-12-18(20(27-31-12)19-15(23)4-2-5-16(19)24)22(29)26-14-9-7-13(8-10-14)25-21(28)17-6-3-11-30-17/h2,4-5,7-10,17H,3,6,11H2,1H3,(H,25,28)(H,26,29)/t17-/m0/s1. The molecule has 4 rings (SSSR count). The second-order valence-electron chi connectivity index (χ2n) is 7.08. The van der Waals surface area contributed by atoms with Crippen LogP contribution < -0.4 is 10.6 Å². The molecule has 1 aliphatic heterocycles. The fraction of sp³-hybridized carbons (Fsp3) is 0.227. The van der Waals surface area contributed by atoms with Crippen molar-refractivity contribution in [1.29, 1.82) is 0 Å². The number of anilines is 2. The lowest BCUT2D eigenvalue weighted by molar-refractivity contribution is -0.124. The first-order chi connectivity index (χ1) is 14.9. The number of nitrogens with zero attached hydrogens (tertiary/aromatic N) is 1. The van der Waals surface area contributed by atoms with E-state index < -0.39 is 17.8 Å². The molecule has 0 aliphatic carbocycles. The quantitative estimate of drug-likeness (QED) is 0.590. The van der Waals surface area contributed by atoms with E-state index in [1.807, 2.05) is 0 Å². The van der Waals surface area contributed by atoms with Crippen molar-refractivity contribution in [3.05, 3.63) is 64.6 Å². The van der Waals surface area contributed by atoms with Crippen LogP contribution in [0.15, 0.2) is 47.0 Å². The van der Waals surface area contributed by atoms with Crippen LogP contribution in [0.2, 0.25) is 5.02 Å². The molecule has 2 heterocycles. The van der Waals surface area contributed by atoms with Gasteiger partial charge in [0.15, 0.2) is 0 Å². The van der Waals surface area contributed by atoms with E-state index in [9.17, 15) is 14.0 Å². The zero-order chi connectivity index (χ0) is 22.0. The number of rotatable bonds is 5. The van der Waals surface area contributed by atoms with Gasteiger partial charge in [-0.15, -0.1) is 0 Å². The molecule has 3 aromatic rings. The first kappa shape index (κ1) is 21.0. The molecule has 2 N–H and O–H groups in total. The van der Waals surface area contributed by atoms with Gasteiger partial charge in [0.05, 0.1) is 10.6 Å². The first-order valence-electron chi connectivity index (χ1n) is 9.68. The highest BCUT2D eigenvalue weighted by Gasteiger charge is 2.26. The van der Waals surface area contributed by atoms with E-state index in [2.05, 4.69) is 15.8 Å². The van der Waals surface area contributed by atoms with Crippen LogP contribution >= 0.6 is 11.6 Å². The summed E-state index contributed by atoms with van der Waals surface area (Å²) in [6, 6.07) is 10.8. The van der Waals surface area contributed by atoms with E-state index >= 15 is 0 Å². The van der Waals surface area contributed by atoms with Gasteiger partial charge in [-0.25, -0.2) is 4.39 Å². The molecule has 1 saturated heterocycles. The van der Waals surface area contributed by atoms with E-state index in [4.69, 9.17) is 20.9 Å². The van der Waals surface area contributed by atoms with E-state index in [0.717, 1.165) is 6.42 Å². The van der Waals surface area contributed by atoms with E-state index in [1.165, 1.54) is 18.2 Å². The summed E-state index contributed by atoms with van der Waals surface area (Å²) in [5.41, 5.74) is 1.17. The average Bonchev–Trinajstić information content (AvgIpc) is 3.40. The number of amides is 2. The number of hydrogen-bond acceptors (Lipinski definition) is 5. The minimum Gasteiger partial charge on any atom is -0.368 e. The van der Waals surface area contributed by atoms with Crippen molar-refractivity contribution >= 4 is 34.8 Å². The summed E-state index contributed by atoms with van der Waals surface area (Å²) in [7, 11) is 0. The Bertz CT molecular complexity index is 1100. The van der Waals surface area contributed by atoms with Gasteiger partial charge in [-0.05, 0) is 56.2 Å². The summed E-state index contributed by atoms with van der Waals surface area (Å²) in [6.07, 6.45) is 1.14. The first-order valence-corrected chi connectivity index (χ1v) is 10.1. The zero-order valence-electron chi connectivity index (χ0n) is 16.6.